The van der Waals surface area contributed by atoms with Crippen molar-refractivity contribution in [2.75, 3.05) is 0 Å². The predicted octanol–water partition coefficient (Wildman–Crippen LogP) is 3.29. The number of aryl methyl sites for hydroxylation is 1. The number of hydrogen-bond donors (Lipinski definition) is 1. The first-order chi connectivity index (χ1) is 11.3. The lowest BCUT2D eigenvalue weighted by molar-refractivity contribution is -0.121. The van der Waals surface area contributed by atoms with Crippen molar-refractivity contribution in [1.29, 1.82) is 0 Å². The van der Waals surface area contributed by atoms with Crippen LogP contribution in [-0.2, 0) is 11.2 Å². The van der Waals surface area contributed by atoms with E-state index in [0.29, 0.717) is 6.42 Å². The zero-order valence-electron chi connectivity index (χ0n) is 12.7. The fourth-order valence-electron chi connectivity index (χ4n) is 3.26. The van der Waals surface area contributed by atoms with E-state index in [4.69, 9.17) is 0 Å². The van der Waals surface area contributed by atoms with Crippen molar-refractivity contribution in [3.05, 3.63) is 71.1 Å². The zero-order chi connectivity index (χ0) is 15.6. The van der Waals surface area contributed by atoms with Gasteiger partial charge in [0.1, 0.15) is 0 Å². The quantitative estimate of drug-likeness (QED) is 0.925. The Labute approximate surface area is 136 Å². The lowest BCUT2D eigenvalue weighted by atomic mass is 9.85. The van der Waals surface area contributed by atoms with E-state index in [1.165, 1.54) is 11.1 Å². The Balaban J connectivity index is 0.00000169. The Morgan fingerprint density at radius 2 is 2.04 bits per heavy atom. The van der Waals surface area contributed by atoms with Gasteiger partial charge in [0.25, 0.3) is 0 Å². The molecule has 2 heterocycles. The molecule has 1 amide bonds. The van der Waals surface area contributed by atoms with Gasteiger partial charge in [0.15, 0.2) is 0 Å². The fraction of sp³-hybridized carbons (Fsp3) is 0.211. The topological polar surface area (TPSA) is 54.4 Å². The molecule has 1 aliphatic heterocycles. The van der Waals surface area contributed by atoms with E-state index in [0.717, 1.165) is 29.7 Å². The summed E-state index contributed by atoms with van der Waals surface area (Å²) < 4.78 is 0. The Morgan fingerprint density at radius 1 is 1.17 bits per heavy atom. The Hall–Kier alpha value is -2.75. The van der Waals surface area contributed by atoms with Gasteiger partial charge in [0.2, 0.25) is 5.91 Å². The van der Waals surface area contributed by atoms with E-state index in [9.17, 15) is 4.79 Å². The number of fused-ring (bicyclic) bond motifs is 1. The fourth-order valence-corrected chi connectivity index (χ4v) is 3.26. The van der Waals surface area contributed by atoms with E-state index in [-0.39, 0.29) is 13.3 Å². The summed E-state index contributed by atoms with van der Waals surface area (Å²) in [5.74, 6) is -0.0691. The normalized spacial score (nSPS) is 19.7. The number of pyridine rings is 1. The van der Waals surface area contributed by atoms with Crippen molar-refractivity contribution in [3.8, 4) is 0 Å². The molecule has 1 atom stereocenters. The number of carbonyl (C=O) groups is 1. The standard InChI is InChI=1S/C19H17N3O.H2/c23-18-12-17(14-7-9-20-10-8-14)19(22-21-18)16-6-5-13-3-1-2-4-15(13)11-16;/h1,3,5-11,17H,2,4,12H2,(H,21,23);1H. The SMILES string of the molecule is O=C1CC(c2ccncc2)C(c2ccc3c(c2)CCC=C3)=NN1.[HH]. The minimum atomic E-state index is -0.0449. The van der Waals surface area contributed by atoms with E-state index < -0.39 is 0 Å². The largest absolute Gasteiger partial charge is 0.273 e. The monoisotopic (exact) mass is 305 g/mol. The van der Waals surface area contributed by atoms with Crippen LogP contribution in [0, 0.1) is 0 Å². The molecule has 116 valence electrons. The highest BCUT2D eigenvalue weighted by molar-refractivity contribution is 6.09. The van der Waals surface area contributed by atoms with Crippen LogP contribution in [0.2, 0.25) is 0 Å². The third kappa shape index (κ3) is 2.68. The van der Waals surface area contributed by atoms with Crippen LogP contribution in [0.25, 0.3) is 6.08 Å². The second kappa shape index (κ2) is 5.80. The minimum Gasteiger partial charge on any atom is -0.273 e. The summed E-state index contributed by atoms with van der Waals surface area (Å²) in [4.78, 5) is 15.9. The summed E-state index contributed by atoms with van der Waals surface area (Å²) in [5.41, 5.74) is 8.34. The number of hydrogen-bond acceptors (Lipinski definition) is 3. The molecule has 0 bridgehead atoms. The molecule has 0 fully saturated rings. The van der Waals surface area contributed by atoms with Gasteiger partial charge in [-0.05, 0) is 53.3 Å². The number of aromatic nitrogens is 1. The van der Waals surface area contributed by atoms with Crippen molar-refractivity contribution in [2.45, 2.75) is 25.2 Å². The summed E-state index contributed by atoms with van der Waals surface area (Å²) in [5, 5.41) is 4.37. The molecule has 1 N–H and O–H groups in total. The second-order valence-corrected chi connectivity index (χ2v) is 5.92. The molecule has 23 heavy (non-hydrogen) atoms. The van der Waals surface area contributed by atoms with Crippen molar-refractivity contribution in [1.82, 2.24) is 10.4 Å². The van der Waals surface area contributed by atoms with Crippen molar-refractivity contribution >= 4 is 17.7 Å². The van der Waals surface area contributed by atoms with Crippen molar-refractivity contribution in [3.63, 3.8) is 0 Å². The first-order valence-electron chi connectivity index (χ1n) is 7.87. The third-order valence-electron chi connectivity index (χ3n) is 4.45. The first kappa shape index (κ1) is 13.9. The smallest absolute Gasteiger partial charge is 0.241 e. The number of amides is 1. The molecule has 4 rings (SSSR count). The number of carbonyl (C=O) groups excluding carboxylic acids is 1. The molecule has 0 saturated heterocycles. The van der Waals surface area contributed by atoms with Gasteiger partial charge in [-0.15, -0.1) is 0 Å². The molecule has 1 aliphatic carbocycles. The first-order valence-corrected chi connectivity index (χ1v) is 7.87. The van der Waals surface area contributed by atoms with Crippen LogP contribution in [-0.4, -0.2) is 16.6 Å². The average molecular weight is 305 g/mol. The molecule has 2 aliphatic rings. The van der Waals surface area contributed by atoms with Gasteiger partial charge < -0.3 is 0 Å². The maximum absolute atomic E-state index is 11.8. The molecule has 2 aromatic rings. The van der Waals surface area contributed by atoms with Crippen LogP contribution in [0.15, 0.2) is 53.9 Å². The molecule has 1 unspecified atom stereocenters. The van der Waals surface area contributed by atoms with Crippen LogP contribution in [0.1, 0.15) is 42.4 Å². The zero-order valence-corrected chi connectivity index (χ0v) is 12.7. The number of allylic oxidation sites excluding steroid dienone is 1. The van der Waals surface area contributed by atoms with Crippen LogP contribution in [0.3, 0.4) is 0 Å². The highest BCUT2D eigenvalue weighted by Crippen LogP contribution is 2.29. The summed E-state index contributed by atoms with van der Waals surface area (Å²) in [6.45, 7) is 0. The van der Waals surface area contributed by atoms with Gasteiger partial charge in [0.05, 0.1) is 5.71 Å². The van der Waals surface area contributed by atoms with Crippen LogP contribution >= 0.6 is 0 Å². The summed E-state index contributed by atoms with van der Waals surface area (Å²) in [7, 11) is 0. The molecule has 4 nitrogen and oxygen atoms in total. The molecule has 1 aromatic heterocycles. The molecule has 0 saturated carbocycles. The summed E-state index contributed by atoms with van der Waals surface area (Å²) in [6.07, 6.45) is 10.5. The number of rotatable bonds is 2. The lowest BCUT2D eigenvalue weighted by Crippen LogP contribution is -2.32. The van der Waals surface area contributed by atoms with Crippen LogP contribution in [0.5, 0.6) is 0 Å². The second-order valence-electron chi connectivity index (χ2n) is 5.92. The molecule has 0 spiro atoms. The minimum absolute atomic E-state index is 0. The van der Waals surface area contributed by atoms with Crippen LogP contribution in [0.4, 0.5) is 0 Å². The molecule has 1 aromatic carbocycles. The van der Waals surface area contributed by atoms with Crippen molar-refractivity contribution in [2.24, 2.45) is 5.10 Å². The van der Waals surface area contributed by atoms with Crippen LogP contribution < -0.4 is 5.43 Å². The number of nitrogens with one attached hydrogen (secondary N) is 1. The number of benzene rings is 1. The van der Waals surface area contributed by atoms with Gasteiger partial charge in [-0.1, -0.05) is 24.3 Å². The van der Waals surface area contributed by atoms with Gasteiger partial charge in [-0.2, -0.15) is 5.10 Å². The Bertz CT molecular complexity index is 815. The molecule has 0 radical (unpaired) electrons. The molecule has 4 heteroatoms. The lowest BCUT2D eigenvalue weighted by Gasteiger charge is -2.24. The predicted molar refractivity (Wildman–Crippen MR) is 92.2 cm³/mol. The van der Waals surface area contributed by atoms with Crippen molar-refractivity contribution < 1.29 is 6.22 Å². The Morgan fingerprint density at radius 3 is 2.91 bits per heavy atom. The van der Waals surface area contributed by atoms with E-state index in [1.807, 2.05) is 12.1 Å². The maximum Gasteiger partial charge on any atom is 0.241 e. The van der Waals surface area contributed by atoms with E-state index in [2.05, 4.69) is 45.9 Å². The average Bonchev–Trinajstić information content (AvgIpc) is 2.62. The van der Waals surface area contributed by atoms with E-state index in [1.54, 1.807) is 12.4 Å². The van der Waals surface area contributed by atoms with Gasteiger partial charge in [0, 0.05) is 26.2 Å². The van der Waals surface area contributed by atoms with Gasteiger partial charge in [-0.25, -0.2) is 5.43 Å². The van der Waals surface area contributed by atoms with Gasteiger partial charge in [-0.3, -0.25) is 9.78 Å². The Kier molecular flexibility index (Phi) is 3.50. The molecular weight excluding hydrogens is 286 g/mol. The third-order valence-corrected chi connectivity index (χ3v) is 4.45. The van der Waals surface area contributed by atoms with Gasteiger partial charge >= 0.3 is 0 Å². The summed E-state index contributed by atoms with van der Waals surface area (Å²) >= 11 is 0. The maximum atomic E-state index is 11.8. The molecular formula is C19H19N3O. The number of hydrazone groups is 1. The van der Waals surface area contributed by atoms with E-state index >= 15 is 0 Å². The highest BCUT2D eigenvalue weighted by Gasteiger charge is 2.27. The number of nitrogens with zero attached hydrogens (tertiary/aromatic N) is 2. The summed E-state index contributed by atoms with van der Waals surface area (Å²) in [6, 6.07) is 10.4. The highest BCUT2D eigenvalue weighted by atomic mass is 16.2.